The van der Waals surface area contributed by atoms with E-state index in [1.807, 2.05) is 21.7 Å². The molecule has 0 radical (unpaired) electrons. The molecule has 1 N–H and O–H groups in total. The number of hydrogen-bond acceptors (Lipinski definition) is 5. The minimum atomic E-state index is -0.142. The number of phenols is 1. The van der Waals surface area contributed by atoms with Gasteiger partial charge in [0.2, 0.25) is 0 Å². The first-order chi connectivity index (χ1) is 14.6. The zero-order chi connectivity index (χ0) is 20.7. The number of piperidine rings is 1. The minimum Gasteiger partial charge on any atom is -0.507 e. The first-order valence-electron chi connectivity index (χ1n) is 10.8. The fraction of sp³-hybridized carbons (Fsp3) is 0.435. The number of carbonyl (C=O) groups excluding carboxylic acids is 1. The van der Waals surface area contributed by atoms with Gasteiger partial charge in [-0.2, -0.15) is 5.10 Å². The second-order valence-corrected chi connectivity index (χ2v) is 8.34. The highest BCUT2D eigenvalue weighted by Crippen LogP contribution is 2.33. The maximum atomic E-state index is 13.2. The Kier molecular flexibility index (Phi) is 4.81. The molecule has 2 fully saturated rings. The molecule has 2 aromatic heterocycles. The van der Waals surface area contributed by atoms with Crippen LogP contribution < -0.4 is 4.90 Å². The number of amides is 1. The van der Waals surface area contributed by atoms with Crippen molar-refractivity contribution in [1.82, 2.24) is 19.5 Å². The largest absolute Gasteiger partial charge is 0.507 e. The maximum absolute atomic E-state index is 13.2. The van der Waals surface area contributed by atoms with E-state index in [2.05, 4.69) is 11.8 Å². The molecule has 7 heteroatoms. The van der Waals surface area contributed by atoms with Crippen molar-refractivity contribution >= 4 is 17.4 Å². The minimum absolute atomic E-state index is 0.0226. The monoisotopic (exact) mass is 405 g/mol. The van der Waals surface area contributed by atoms with Crippen LogP contribution in [0.1, 0.15) is 59.8 Å². The van der Waals surface area contributed by atoms with Crippen LogP contribution in [0.2, 0.25) is 0 Å². The lowest BCUT2D eigenvalue weighted by atomic mass is 9.98. The van der Waals surface area contributed by atoms with E-state index in [1.54, 1.807) is 24.3 Å². The molecule has 7 nitrogen and oxygen atoms in total. The van der Waals surface area contributed by atoms with Gasteiger partial charge in [-0.3, -0.25) is 4.79 Å². The van der Waals surface area contributed by atoms with Crippen LogP contribution in [0, 0.1) is 6.92 Å². The molecule has 0 bridgehead atoms. The van der Waals surface area contributed by atoms with Crippen LogP contribution in [0.4, 0.5) is 5.82 Å². The van der Waals surface area contributed by atoms with Crippen LogP contribution in [-0.2, 0) is 0 Å². The molecule has 0 spiro atoms. The fourth-order valence-electron chi connectivity index (χ4n) is 4.72. The predicted molar refractivity (Wildman–Crippen MR) is 115 cm³/mol. The third-order valence-corrected chi connectivity index (χ3v) is 6.27. The lowest BCUT2D eigenvalue weighted by Crippen LogP contribution is -2.38. The Hall–Kier alpha value is -3.09. The van der Waals surface area contributed by atoms with Gasteiger partial charge in [0.1, 0.15) is 11.6 Å². The molecule has 1 amide bonds. The number of para-hydroxylation sites is 1. The lowest BCUT2D eigenvalue weighted by Gasteiger charge is -2.34. The molecular weight excluding hydrogens is 378 g/mol. The molecule has 0 unspecified atom stereocenters. The Morgan fingerprint density at radius 1 is 1.10 bits per heavy atom. The number of carbonyl (C=O) groups is 1. The van der Waals surface area contributed by atoms with Crippen LogP contribution in [0.5, 0.6) is 5.75 Å². The van der Waals surface area contributed by atoms with E-state index in [1.165, 1.54) is 12.8 Å². The van der Waals surface area contributed by atoms with Crippen molar-refractivity contribution in [2.75, 3.05) is 24.5 Å². The average Bonchev–Trinajstić information content (AvgIpc) is 3.42. The van der Waals surface area contributed by atoms with Gasteiger partial charge in [0.25, 0.3) is 5.91 Å². The predicted octanol–water partition coefficient (Wildman–Crippen LogP) is 3.71. The Morgan fingerprint density at radius 3 is 2.67 bits per heavy atom. The summed E-state index contributed by atoms with van der Waals surface area (Å²) in [6.07, 6.45) is 7.33. The molecule has 30 heavy (non-hydrogen) atoms. The molecule has 2 aliphatic rings. The highest BCUT2D eigenvalue weighted by Gasteiger charge is 2.32. The number of aryl methyl sites for hydroxylation is 1. The second-order valence-electron chi connectivity index (χ2n) is 8.34. The summed E-state index contributed by atoms with van der Waals surface area (Å²) in [4.78, 5) is 22.3. The molecule has 4 heterocycles. The summed E-state index contributed by atoms with van der Waals surface area (Å²) < 4.78 is 1.83. The van der Waals surface area contributed by atoms with Gasteiger partial charge in [-0.1, -0.05) is 12.1 Å². The Bertz CT molecular complexity index is 1090. The van der Waals surface area contributed by atoms with Crippen molar-refractivity contribution in [1.29, 1.82) is 0 Å². The Balaban J connectivity index is 1.49. The van der Waals surface area contributed by atoms with Crippen molar-refractivity contribution in [2.24, 2.45) is 0 Å². The number of rotatable bonds is 3. The smallest absolute Gasteiger partial charge is 0.258 e. The van der Waals surface area contributed by atoms with E-state index in [-0.39, 0.29) is 17.7 Å². The molecule has 5 rings (SSSR count). The van der Waals surface area contributed by atoms with E-state index in [0.717, 1.165) is 55.1 Å². The summed E-state index contributed by atoms with van der Waals surface area (Å²) in [6.45, 7) is 4.85. The summed E-state index contributed by atoms with van der Waals surface area (Å²) in [5.74, 6) is 0.920. The molecule has 2 saturated heterocycles. The zero-order valence-electron chi connectivity index (χ0n) is 17.3. The molecule has 1 aromatic carbocycles. The first kappa shape index (κ1) is 18.9. The van der Waals surface area contributed by atoms with Gasteiger partial charge in [0.15, 0.2) is 5.65 Å². The fourth-order valence-corrected chi connectivity index (χ4v) is 4.72. The van der Waals surface area contributed by atoms with E-state index in [9.17, 15) is 9.90 Å². The summed E-state index contributed by atoms with van der Waals surface area (Å²) in [6, 6.07) is 8.66. The van der Waals surface area contributed by atoms with Crippen LogP contribution in [0.25, 0.3) is 5.65 Å². The zero-order valence-corrected chi connectivity index (χ0v) is 17.3. The molecule has 0 aliphatic carbocycles. The van der Waals surface area contributed by atoms with Crippen molar-refractivity contribution in [3.8, 4) is 5.75 Å². The highest BCUT2D eigenvalue weighted by atomic mass is 16.3. The molecule has 156 valence electrons. The summed E-state index contributed by atoms with van der Waals surface area (Å²) in [5.41, 5.74) is 3.14. The maximum Gasteiger partial charge on any atom is 0.258 e. The van der Waals surface area contributed by atoms with Gasteiger partial charge >= 0.3 is 0 Å². The standard InChI is InChI=1S/C23H27N5O2/c1-16-15-28-21(24-22(16)26-11-6-7-12-26)14-18(25-28)19-9-4-5-13-27(19)23(30)17-8-2-3-10-20(17)29/h2-3,8,10,14-15,19,29H,4-7,9,11-13H2,1H3/t19-/m0/s1. The van der Waals surface area contributed by atoms with Gasteiger partial charge in [0, 0.05) is 37.5 Å². The van der Waals surface area contributed by atoms with Gasteiger partial charge in [-0.05, 0) is 51.2 Å². The SMILES string of the molecule is Cc1cn2nc([C@@H]3CCCCN3C(=O)c3ccccc3O)cc2nc1N1CCCC1. The van der Waals surface area contributed by atoms with Crippen molar-refractivity contribution in [2.45, 2.75) is 45.1 Å². The van der Waals surface area contributed by atoms with Crippen LogP contribution in [-0.4, -0.2) is 50.1 Å². The van der Waals surface area contributed by atoms with E-state index in [4.69, 9.17) is 10.1 Å². The third-order valence-electron chi connectivity index (χ3n) is 6.27. The third kappa shape index (κ3) is 3.28. The van der Waals surface area contributed by atoms with Gasteiger partial charge in [-0.25, -0.2) is 9.50 Å². The normalized spacial score (nSPS) is 19.6. The van der Waals surface area contributed by atoms with Crippen molar-refractivity contribution in [3.63, 3.8) is 0 Å². The number of aromatic hydroxyl groups is 1. The number of benzene rings is 1. The van der Waals surface area contributed by atoms with Crippen LogP contribution >= 0.6 is 0 Å². The molecular formula is C23H27N5O2. The van der Waals surface area contributed by atoms with E-state index >= 15 is 0 Å². The van der Waals surface area contributed by atoms with Crippen LogP contribution in [0.15, 0.2) is 36.5 Å². The average molecular weight is 406 g/mol. The van der Waals surface area contributed by atoms with Gasteiger partial charge in [0.05, 0.1) is 17.3 Å². The molecule has 0 saturated carbocycles. The van der Waals surface area contributed by atoms with Crippen molar-refractivity contribution < 1.29 is 9.90 Å². The number of aromatic nitrogens is 3. The van der Waals surface area contributed by atoms with E-state index in [0.29, 0.717) is 12.1 Å². The van der Waals surface area contributed by atoms with Gasteiger partial charge < -0.3 is 14.9 Å². The number of phenolic OH excluding ortho intramolecular Hbond substituents is 1. The molecule has 1 atom stereocenters. The molecule has 2 aliphatic heterocycles. The number of fused-ring (bicyclic) bond motifs is 1. The quantitative estimate of drug-likeness (QED) is 0.719. The van der Waals surface area contributed by atoms with Crippen molar-refractivity contribution in [3.05, 3.63) is 53.3 Å². The lowest BCUT2D eigenvalue weighted by molar-refractivity contribution is 0.0602. The summed E-state index contributed by atoms with van der Waals surface area (Å²) >= 11 is 0. The summed E-state index contributed by atoms with van der Waals surface area (Å²) in [7, 11) is 0. The number of nitrogens with zero attached hydrogens (tertiary/aromatic N) is 5. The number of likely N-dealkylation sites (tertiary alicyclic amines) is 1. The topological polar surface area (TPSA) is 74.0 Å². The molecule has 3 aromatic rings. The Morgan fingerprint density at radius 2 is 1.87 bits per heavy atom. The van der Waals surface area contributed by atoms with Gasteiger partial charge in [-0.15, -0.1) is 0 Å². The number of hydrogen-bond donors (Lipinski definition) is 1. The Labute approximate surface area is 175 Å². The first-order valence-corrected chi connectivity index (χ1v) is 10.8. The highest BCUT2D eigenvalue weighted by molar-refractivity contribution is 5.97. The number of anilines is 1. The van der Waals surface area contributed by atoms with Crippen LogP contribution in [0.3, 0.4) is 0 Å². The summed E-state index contributed by atoms with van der Waals surface area (Å²) in [5, 5.41) is 15.0. The second kappa shape index (κ2) is 7.63. The van der Waals surface area contributed by atoms with E-state index < -0.39 is 0 Å².